The van der Waals surface area contributed by atoms with E-state index in [9.17, 15) is 15.3 Å². The van der Waals surface area contributed by atoms with Crippen LogP contribution >= 0.6 is 0 Å². The van der Waals surface area contributed by atoms with Gasteiger partial charge in [-0.05, 0) is 5.56 Å². The number of rotatable bonds is 3. The predicted molar refractivity (Wildman–Crippen MR) is 59.0 cm³/mol. The minimum absolute atomic E-state index is 0.0440. The third kappa shape index (κ3) is 3.02. The molecule has 5 heteroatoms. The molecule has 0 saturated carbocycles. The fourth-order valence-corrected chi connectivity index (χ4v) is 1.68. The third-order valence-electron chi connectivity index (χ3n) is 2.71. The Balaban J connectivity index is 1.87. The molecule has 1 saturated heterocycles. The molecule has 94 valence electrons. The van der Waals surface area contributed by atoms with E-state index < -0.39 is 24.6 Å². The Morgan fingerprint density at radius 1 is 1.12 bits per heavy atom. The van der Waals surface area contributed by atoms with Crippen LogP contribution in [0.25, 0.3) is 0 Å². The Morgan fingerprint density at radius 2 is 1.82 bits per heavy atom. The van der Waals surface area contributed by atoms with Gasteiger partial charge in [-0.3, -0.25) is 0 Å². The van der Waals surface area contributed by atoms with E-state index in [0.29, 0.717) is 0 Å². The SMILES string of the molecule is O[C@@H]1[C@@H](OCc2ccccc2)OC[C@@H](O)[C@@H]1O. The van der Waals surface area contributed by atoms with Crippen molar-refractivity contribution in [3.63, 3.8) is 0 Å². The van der Waals surface area contributed by atoms with Gasteiger partial charge in [-0.15, -0.1) is 0 Å². The first-order chi connectivity index (χ1) is 8.18. The van der Waals surface area contributed by atoms with Gasteiger partial charge in [0.2, 0.25) is 0 Å². The van der Waals surface area contributed by atoms with Crippen LogP contribution in [-0.4, -0.2) is 46.5 Å². The van der Waals surface area contributed by atoms with Gasteiger partial charge in [0.15, 0.2) is 6.29 Å². The summed E-state index contributed by atoms with van der Waals surface area (Å²) in [6, 6.07) is 9.45. The Morgan fingerprint density at radius 3 is 2.53 bits per heavy atom. The van der Waals surface area contributed by atoms with Gasteiger partial charge in [-0.1, -0.05) is 30.3 Å². The monoisotopic (exact) mass is 240 g/mol. The second kappa shape index (κ2) is 5.57. The van der Waals surface area contributed by atoms with Gasteiger partial charge in [0.05, 0.1) is 13.2 Å². The Hall–Kier alpha value is -0.980. The van der Waals surface area contributed by atoms with E-state index in [1.807, 2.05) is 30.3 Å². The van der Waals surface area contributed by atoms with Crippen molar-refractivity contribution in [1.29, 1.82) is 0 Å². The van der Waals surface area contributed by atoms with Crippen LogP contribution in [0.15, 0.2) is 30.3 Å². The summed E-state index contributed by atoms with van der Waals surface area (Å²) in [4.78, 5) is 0. The zero-order valence-electron chi connectivity index (χ0n) is 9.27. The highest BCUT2D eigenvalue weighted by Crippen LogP contribution is 2.17. The van der Waals surface area contributed by atoms with Crippen LogP contribution in [0.2, 0.25) is 0 Å². The van der Waals surface area contributed by atoms with Crippen LogP contribution in [0.3, 0.4) is 0 Å². The molecule has 1 aromatic carbocycles. The number of hydrogen-bond acceptors (Lipinski definition) is 5. The van der Waals surface area contributed by atoms with E-state index in [1.165, 1.54) is 0 Å². The van der Waals surface area contributed by atoms with Crippen LogP contribution in [-0.2, 0) is 16.1 Å². The van der Waals surface area contributed by atoms with Crippen molar-refractivity contribution in [2.45, 2.75) is 31.2 Å². The van der Waals surface area contributed by atoms with Gasteiger partial charge in [-0.25, -0.2) is 0 Å². The minimum Gasteiger partial charge on any atom is -0.388 e. The lowest BCUT2D eigenvalue weighted by atomic mass is 10.1. The lowest BCUT2D eigenvalue weighted by molar-refractivity contribution is -0.273. The average Bonchev–Trinajstić information content (AvgIpc) is 2.36. The molecule has 0 aromatic heterocycles. The van der Waals surface area contributed by atoms with Gasteiger partial charge in [0.25, 0.3) is 0 Å². The molecule has 2 rings (SSSR count). The Bertz CT molecular complexity index is 342. The van der Waals surface area contributed by atoms with Crippen molar-refractivity contribution in [3.8, 4) is 0 Å². The molecular weight excluding hydrogens is 224 g/mol. The van der Waals surface area contributed by atoms with Crippen molar-refractivity contribution < 1.29 is 24.8 Å². The summed E-state index contributed by atoms with van der Waals surface area (Å²) in [5.74, 6) is 0. The summed E-state index contributed by atoms with van der Waals surface area (Å²) in [5, 5.41) is 28.3. The van der Waals surface area contributed by atoms with Crippen LogP contribution in [0, 0.1) is 0 Å². The topological polar surface area (TPSA) is 79.2 Å². The largest absolute Gasteiger partial charge is 0.388 e. The first-order valence-electron chi connectivity index (χ1n) is 5.50. The Kier molecular flexibility index (Phi) is 4.09. The van der Waals surface area contributed by atoms with E-state index in [0.717, 1.165) is 5.56 Å². The van der Waals surface area contributed by atoms with E-state index in [1.54, 1.807) is 0 Å². The summed E-state index contributed by atoms with van der Waals surface area (Å²) in [6.07, 6.45) is -4.44. The quantitative estimate of drug-likeness (QED) is 0.672. The number of hydrogen-bond donors (Lipinski definition) is 3. The van der Waals surface area contributed by atoms with Gasteiger partial charge in [0, 0.05) is 0 Å². The molecule has 0 aliphatic carbocycles. The van der Waals surface area contributed by atoms with Crippen molar-refractivity contribution in [3.05, 3.63) is 35.9 Å². The van der Waals surface area contributed by atoms with Crippen LogP contribution in [0.4, 0.5) is 0 Å². The molecule has 0 amide bonds. The maximum Gasteiger partial charge on any atom is 0.186 e. The second-order valence-electron chi connectivity index (χ2n) is 4.05. The van der Waals surface area contributed by atoms with Gasteiger partial charge >= 0.3 is 0 Å². The molecule has 1 aliphatic heterocycles. The first-order valence-corrected chi connectivity index (χ1v) is 5.50. The number of aliphatic hydroxyl groups excluding tert-OH is 3. The molecule has 0 radical (unpaired) electrons. The molecule has 0 bridgehead atoms. The van der Waals surface area contributed by atoms with Crippen molar-refractivity contribution >= 4 is 0 Å². The van der Waals surface area contributed by atoms with Gasteiger partial charge in [-0.2, -0.15) is 0 Å². The average molecular weight is 240 g/mol. The van der Waals surface area contributed by atoms with Crippen LogP contribution in [0.5, 0.6) is 0 Å². The summed E-state index contributed by atoms with van der Waals surface area (Å²) in [6.45, 7) is 0.239. The molecule has 17 heavy (non-hydrogen) atoms. The molecule has 1 heterocycles. The van der Waals surface area contributed by atoms with E-state index in [4.69, 9.17) is 9.47 Å². The molecule has 4 atom stereocenters. The highest BCUT2D eigenvalue weighted by molar-refractivity contribution is 5.13. The first kappa shape index (κ1) is 12.5. The fourth-order valence-electron chi connectivity index (χ4n) is 1.68. The normalized spacial score (nSPS) is 33.6. The molecule has 3 N–H and O–H groups in total. The highest BCUT2D eigenvalue weighted by atomic mass is 16.7. The molecule has 0 unspecified atom stereocenters. The second-order valence-corrected chi connectivity index (χ2v) is 4.05. The maximum atomic E-state index is 9.63. The minimum atomic E-state index is -1.23. The zero-order chi connectivity index (χ0) is 12.3. The van der Waals surface area contributed by atoms with Crippen molar-refractivity contribution in [1.82, 2.24) is 0 Å². The molecular formula is C12H16O5. The van der Waals surface area contributed by atoms with Gasteiger partial charge < -0.3 is 24.8 Å². The van der Waals surface area contributed by atoms with E-state index in [-0.39, 0.29) is 13.2 Å². The van der Waals surface area contributed by atoms with Crippen molar-refractivity contribution in [2.24, 2.45) is 0 Å². The highest BCUT2D eigenvalue weighted by Gasteiger charge is 2.38. The number of ether oxygens (including phenoxy) is 2. The van der Waals surface area contributed by atoms with Crippen LogP contribution < -0.4 is 0 Å². The smallest absolute Gasteiger partial charge is 0.186 e. The predicted octanol–water partition coefficient (Wildman–Crippen LogP) is -0.358. The third-order valence-corrected chi connectivity index (χ3v) is 2.71. The van der Waals surface area contributed by atoms with Crippen molar-refractivity contribution in [2.75, 3.05) is 6.61 Å². The summed E-state index contributed by atoms with van der Waals surface area (Å²) in [5.41, 5.74) is 0.948. The molecule has 1 fully saturated rings. The Labute approximate surface area is 99.2 Å². The van der Waals surface area contributed by atoms with E-state index in [2.05, 4.69) is 0 Å². The number of benzene rings is 1. The zero-order valence-corrected chi connectivity index (χ0v) is 9.27. The lowest BCUT2D eigenvalue weighted by Crippen LogP contribution is -2.53. The molecule has 1 aromatic rings. The summed E-state index contributed by atoms with van der Waals surface area (Å²) in [7, 11) is 0. The molecule has 1 aliphatic rings. The lowest BCUT2D eigenvalue weighted by Gasteiger charge is -2.34. The van der Waals surface area contributed by atoms with Gasteiger partial charge in [0.1, 0.15) is 18.3 Å². The molecule has 0 spiro atoms. The molecule has 5 nitrogen and oxygen atoms in total. The standard InChI is InChI=1S/C12H16O5/c13-9-7-17-12(11(15)10(9)14)16-6-8-4-2-1-3-5-8/h1-5,9-15H,6-7H2/t9-,10+,11+,12+/m1/s1. The van der Waals surface area contributed by atoms with E-state index >= 15 is 0 Å². The summed E-state index contributed by atoms with van der Waals surface area (Å²) >= 11 is 0. The maximum absolute atomic E-state index is 9.63. The summed E-state index contributed by atoms with van der Waals surface area (Å²) < 4.78 is 10.5. The number of aliphatic hydroxyl groups is 3. The van der Waals surface area contributed by atoms with Crippen LogP contribution in [0.1, 0.15) is 5.56 Å². The fraction of sp³-hybridized carbons (Fsp3) is 0.500.